The molecule has 1 saturated heterocycles. The lowest BCUT2D eigenvalue weighted by Gasteiger charge is -2.31. The molecule has 1 heterocycles. The van der Waals surface area contributed by atoms with Gasteiger partial charge in [-0.2, -0.15) is 0 Å². The number of hydrogen-bond acceptors (Lipinski definition) is 6. The molecular weight excluding hydrogens is 482 g/mol. The lowest BCUT2D eigenvalue weighted by atomic mass is 10.0. The summed E-state index contributed by atoms with van der Waals surface area (Å²) in [5.74, 6) is -0.507. The van der Waals surface area contributed by atoms with Crippen LogP contribution in [0.5, 0.6) is 5.75 Å². The number of aryl methyl sites for hydroxylation is 2. The zero-order valence-corrected chi connectivity index (χ0v) is 21.7. The summed E-state index contributed by atoms with van der Waals surface area (Å²) in [6.45, 7) is 5.97. The third kappa shape index (κ3) is 7.20. The van der Waals surface area contributed by atoms with Crippen LogP contribution in [0.3, 0.4) is 0 Å². The van der Waals surface area contributed by atoms with Crippen molar-refractivity contribution in [1.82, 2.24) is 5.32 Å². The van der Waals surface area contributed by atoms with Crippen LogP contribution in [0.25, 0.3) is 0 Å². The molecule has 8 nitrogen and oxygen atoms in total. The Labute approximate surface area is 222 Å². The minimum atomic E-state index is -0.770. The quantitative estimate of drug-likeness (QED) is 0.329. The first-order valence-corrected chi connectivity index (χ1v) is 12.8. The van der Waals surface area contributed by atoms with E-state index in [-0.39, 0.29) is 17.8 Å². The Kier molecular flexibility index (Phi) is 9.11. The van der Waals surface area contributed by atoms with Gasteiger partial charge in [0.25, 0.3) is 5.91 Å². The minimum Gasteiger partial charge on any atom is -0.427 e. The molecule has 38 heavy (non-hydrogen) atoms. The molecule has 0 spiro atoms. The lowest BCUT2D eigenvalue weighted by Crippen LogP contribution is -2.44. The van der Waals surface area contributed by atoms with Crippen LogP contribution >= 0.6 is 0 Å². The number of anilines is 2. The maximum Gasteiger partial charge on any atom is 0.308 e. The number of nitrogens with one attached hydrogen (secondary N) is 2. The van der Waals surface area contributed by atoms with E-state index in [1.54, 1.807) is 24.3 Å². The summed E-state index contributed by atoms with van der Waals surface area (Å²) in [5.41, 5.74) is 3.94. The van der Waals surface area contributed by atoms with E-state index in [1.807, 2.05) is 55.5 Å². The van der Waals surface area contributed by atoms with Crippen LogP contribution in [-0.2, 0) is 20.7 Å². The molecule has 8 heteroatoms. The van der Waals surface area contributed by atoms with Gasteiger partial charge in [0, 0.05) is 25.6 Å². The second-order valence-corrected chi connectivity index (χ2v) is 9.22. The fourth-order valence-electron chi connectivity index (χ4n) is 4.41. The maximum absolute atomic E-state index is 13.6. The number of carbonyl (C=O) groups excluding carboxylic acids is 3. The second kappa shape index (κ2) is 12.9. The van der Waals surface area contributed by atoms with Gasteiger partial charge >= 0.3 is 5.97 Å². The van der Waals surface area contributed by atoms with Crippen LogP contribution in [-0.4, -0.2) is 50.1 Å². The van der Waals surface area contributed by atoms with Crippen LogP contribution in [0.1, 0.15) is 34.8 Å². The summed E-state index contributed by atoms with van der Waals surface area (Å²) in [4.78, 5) is 40.1. The zero-order chi connectivity index (χ0) is 26.9. The SMILES string of the molecule is CC(=O)Oc1ccc(CCC(NC(=O)c2ccccc2C)C(=O)Nc2ccccc2N2CCOCC2)cc1. The molecule has 2 amide bonds. The van der Waals surface area contributed by atoms with E-state index < -0.39 is 6.04 Å². The molecule has 0 bridgehead atoms. The van der Waals surface area contributed by atoms with Crippen LogP contribution in [0, 0.1) is 6.92 Å². The third-order valence-electron chi connectivity index (χ3n) is 6.43. The first-order valence-electron chi connectivity index (χ1n) is 12.8. The van der Waals surface area contributed by atoms with E-state index in [9.17, 15) is 14.4 Å². The molecule has 0 aliphatic carbocycles. The van der Waals surface area contributed by atoms with E-state index in [0.717, 1.165) is 29.9 Å². The summed E-state index contributed by atoms with van der Waals surface area (Å²) in [6.07, 6.45) is 0.924. The Balaban J connectivity index is 1.51. The molecule has 1 aliphatic heterocycles. The highest BCUT2D eigenvalue weighted by Gasteiger charge is 2.24. The molecule has 3 aromatic carbocycles. The number of rotatable bonds is 9. The van der Waals surface area contributed by atoms with E-state index in [4.69, 9.17) is 9.47 Å². The van der Waals surface area contributed by atoms with Crippen LogP contribution < -0.4 is 20.3 Å². The van der Waals surface area contributed by atoms with Crippen LogP contribution in [0.15, 0.2) is 72.8 Å². The lowest BCUT2D eigenvalue weighted by molar-refractivity contribution is -0.131. The third-order valence-corrected chi connectivity index (χ3v) is 6.43. The maximum atomic E-state index is 13.6. The normalized spacial score (nSPS) is 13.9. The predicted molar refractivity (Wildman–Crippen MR) is 147 cm³/mol. The van der Waals surface area contributed by atoms with Gasteiger partial charge in [-0.3, -0.25) is 14.4 Å². The number of esters is 1. The van der Waals surface area contributed by atoms with Gasteiger partial charge in [0.15, 0.2) is 0 Å². The van der Waals surface area contributed by atoms with E-state index in [0.29, 0.717) is 43.1 Å². The first-order chi connectivity index (χ1) is 18.4. The van der Waals surface area contributed by atoms with Gasteiger partial charge in [-0.15, -0.1) is 0 Å². The fourth-order valence-corrected chi connectivity index (χ4v) is 4.41. The smallest absolute Gasteiger partial charge is 0.308 e. The van der Waals surface area contributed by atoms with Crippen molar-refractivity contribution in [1.29, 1.82) is 0 Å². The van der Waals surface area contributed by atoms with Gasteiger partial charge in [0.1, 0.15) is 11.8 Å². The van der Waals surface area contributed by atoms with Crippen molar-refractivity contribution in [3.63, 3.8) is 0 Å². The number of ether oxygens (including phenoxy) is 2. The topological polar surface area (TPSA) is 97.0 Å². The molecule has 0 aromatic heterocycles. The monoisotopic (exact) mass is 515 g/mol. The number of nitrogens with zero attached hydrogens (tertiary/aromatic N) is 1. The number of benzene rings is 3. The average Bonchev–Trinajstić information content (AvgIpc) is 2.92. The Morgan fingerprint density at radius 1 is 0.947 bits per heavy atom. The molecule has 4 rings (SSSR count). The van der Waals surface area contributed by atoms with Gasteiger partial charge in [-0.05, 0) is 61.2 Å². The standard InChI is InChI=1S/C30H33N3O5/c1-21-7-3-4-8-25(21)29(35)32-27(16-13-23-11-14-24(15-12-23)38-22(2)34)30(36)31-26-9-5-6-10-28(26)33-17-19-37-20-18-33/h3-12,14-15,27H,13,16-20H2,1-2H3,(H,31,36)(H,32,35). The highest BCUT2D eigenvalue weighted by Crippen LogP contribution is 2.27. The molecule has 1 aliphatic rings. The number of amides is 2. The van der Waals surface area contributed by atoms with Gasteiger partial charge in [0.2, 0.25) is 5.91 Å². The number of para-hydroxylation sites is 2. The molecule has 1 fully saturated rings. The second-order valence-electron chi connectivity index (χ2n) is 9.22. The number of carbonyl (C=O) groups is 3. The minimum absolute atomic E-state index is 0.288. The highest BCUT2D eigenvalue weighted by molar-refractivity contribution is 6.03. The predicted octanol–water partition coefficient (Wildman–Crippen LogP) is 4.13. The van der Waals surface area contributed by atoms with Crippen LogP contribution in [0.2, 0.25) is 0 Å². The summed E-state index contributed by atoms with van der Waals surface area (Å²) in [7, 11) is 0. The zero-order valence-electron chi connectivity index (χ0n) is 21.7. The largest absolute Gasteiger partial charge is 0.427 e. The molecule has 0 saturated carbocycles. The van der Waals surface area contributed by atoms with Gasteiger partial charge in [-0.25, -0.2) is 0 Å². The molecule has 2 N–H and O–H groups in total. The van der Waals surface area contributed by atoms with Crippen molar-refractivity contribution in [2.24, 2.45) is 0 Å². The Hall–Kier alpha value is -4.17. The molecule has 1 unspecified atom stereocenters. The summed E-state index contributed by atoms with van der Waals surface area (Å²) >= 11 is 0. The van der Waals surface area contributed by atoms with Crippen molar-refractivity contribution in [2.75, 3.05) is 36.5 Å². The number of morpholine rings is 1. The van der Waals surface area contributed by atoms with Crippen molar-refractivity contribution < 1.29 is 23.9 Å². The van der Waals surface area contributed by atoms with Crippen LogP contribution in [0.4, 0.5) is 11.4 Å². The Morgan fingerprint density at radius 3 is 2.34 bits per heavy atom. The molecule has 3 aromatic rings. The summed E-state index contributed by atoms with van der Waals surface area (Å²) in [6, 6.07) is 21.3. The average molecular weight is 516 g/mol. The Bertz CT molecular complexity index is 1270. The molecule has 0 radical (unpaired) electrons. The van der Waals surface area contributed by atoms with E-state index in [2.05, 4.69) is 15.5 Å². The molecule has 1 atom stereocenters. The summed E-state index contributed by atoms with van der Waals surface area (Å²) < 4.78 is 10.6. The summed E-state index contributed by atoms with van der Waals surface area (Å²) in [5, 5.41) is 6.00. The van der Waals surface area contributed by atoms with Crippen molar-refractivity contribution >= 4 is 29.2 Å². The van der Waals surface area contributed by atoms with E-state index >= 15 is 0 Å². The molecular formula is C30H33N3O5. The fraction of sp³-hybridized carbons (Fsp3) is 0.300. The van der Waals surface area contributed by atoms with E-state index in [1.165, 1.54) is 6.92 Å². The highest BCUT2D eigenvalue weighted by atomic mass is 16.5. The van der Waals surface area contributed by atoms with Crippen molar-refractivity contribution in [3.8, 4) is 5.75 Å². The Morgan fingerprint density at radius 2 is 1.63 bits per heavy atom. The number of hydrogen-bond donors (Lipinski definition) is 2. The van der Waals surface area contributed by atoms with Crippen molar-refractivity contribution in [2.45, 2.75) is 32.7 Å². The van der Waals surface area contributed by atoms with Gasteiger partial charge in [0.05, 0.1) is 24.6 Å². The molecule has 198 valence electrons. The van der Waals surface area contributed by atoms with Crippen molar-refractivity contribution in [3.05, 3.63) is 89.5 Å². The first kappa shape index (κ1) is 26.9. The van der Waals surface area contributed by atoms with Gasteiger partial charge in [-0.1, -0.05) is 42.5 Å². The van der Waals surface area contributed by atoms with Gasteiger partial charge < -0.3 is 25.0 Å².